The van der Waals surface area contributed by atoms with Crippen LogP contribution in [0, 0.1) is 6.92 Å². The molecular formula is C17H14O4. The second kappa shape index (κ2) is 5.32. The maximum Gasteiger partial charge on any atom is 0.335 e. The molecule has 1 heterocycles. The predicted molar refractivity (Wildman–Crippen MR) is 78.7 cm³/mol. The fraction of sp³-hybridized carbons (Fsp3) is 0.118. The normalized spacial score (nSPS) is 10.7. The van der Waals surface area contributed by atoms with Crippen molar-refractivity contribution in [2.45, 2.75) is 13.5 Å². The summed E-state index contributed by atoms with van der Waals surface area (Å²) in [7, 11) is 0. The second-order valence-electron chi connectivity index (χ2n) is 4.83. The minimum Gasteiger partial charge on any atom is -0.488 e. The maximum absolute atomic E-state index is 11.0. The predicted octanol–water partition coefficient (Wildman–Crippen LogP) is 4.02. The number of benzene rings is 2. The molecule has 3 aromatic rings. The van der Waals surface area contributed by atoms with Crippen molar-refractivity contribution < 1.29 is 19.1 Å². The summed E-state index contributed by atoms with van der Waals surface area (Å²) < 4.78 is 11.2. The summed E-state index contributed by atoms with van der Waals surface area (Å²) in [6, 6.07) is 12.5. The van der Waals surface area contributed by atoms with Crippen LogP contribution in [-0.4, -0.2) is 11.1 Å². The molecule has 0 amide bonds. The van der Waals surface area contributed by atoms with E-state index in [-0.39, 0.29) is 5.56 Å². The molecule has 0 fully saturated rings. The fourth-order valence-corrected chi connectivity index (χ4v) is 2.20. The fourth-order valence-electron chi connectivity index (χ4n) is 2.20. The van der Waals surface area contributed by atoms with E-state index in [0.29, 0.717) is 12.2 Å². The number of fused-ring (bicyclic) bond motifs is 1. The summed E-state index contributed by atoms with van der Waals surface area (Å²) in [4.78, 5) is 11.0. The largest absolute Gasteiger partial charge is 0.488 e. The highest BCUT2D eigenvalue weighted by Crippen LogP contribution is 2.25. The quantitative estimate of drug-likeness (QED) is 0.785. The molecular weight excluding hydrogens is 268 g/mol. The van der Waals surface area contributed by atoms with Crippen molar-refractivity contribution in [1.29, 1.82) is 0 Å². The van der Waals surface area contributed by atoms with Gasteiger partial charge in [-0.3, -0.25) is 0 Å². The summed E-state index contributed by atoms with van der Waals surface area (Å²) in [5, 5.41) is 9.82. The Bertz CT molecular complexity index is 801. The average molecular weight is 282 g/mol. The van der Waals surface area contributed by atoms with Gasteiger partial charge >= 0.3 is 5.97 Å². The van der Waals surface area contributed by atoms with Crippen LogP contribution in [-0.2, 0) is 6.61 Å². The molecule has 0 aliphatic heterocycles. The number of hydrogen-bond donors (Lipinski definition) is 1. The first kappa shape index (κ1) is 13.2. The van der Waals surface area contributed by atoms with Gasteiger partial charge in [-0.15, -0.1) is 0 Å². The minimum atomic E-state index is -0.955. The Morgan fingerprint density at radius 2 is 2.05 bits per heavy atom. The van der Waals surface area contributed by atoms with Crippen LogP contribution in [0.25, 0.3) is 11.0 Å². The van der Waals surface area contributed by atoms with Crippen LogP contribution in [0.5, 0.6) is 5.75 Å². The van der Waals surface area contributed by atoms with Gasteiger partial charge in [0.25, 0.3) is 0 Å². The number of rotatable bonds is 4. The van der Waals surface area contributed by atoms with Crippen LogP contribution in [0.15, 0.2) is 53.1 Å². The Morgan fingerprint density at radius 3 is 2.81 bits per heavy atom. The highest BCUT2D eigenvalue weighted by Gasteiger charge is 2.11. The van der Waals surface area contributed by atoms with E-state index in [4.69, 9.17) is 14.3 Å². The third-order valence-electron chi connectivity index (χ3n) is 3.38. The number of carbonyl (C=O) groups is 1. The third-order valence-corrected chi connectivity index (χ3v) is 3.38. The van der Waals surface area contributed by atoms with Crippen molar-refractivity contribution in [2.24, 2.45) is 0 Å². The first-order valence-electron chi connectivity index (χ1n) is 6.57. The number of carboxylic acids is 1. The summed E-state index contributed by atoms with van der Waals surface area (Å²) >= 11 is 0. The highest BCUT2D eigenvalue weighted by molar-refractivity contribution is 5.93. The molecule has 2 aromatic carbocycles. The monoisotopic (exact) mass is 282 g/mol. The molecule has 0 saturated carbocycles. The molecule has 3 rings (SSSR count). The molecule has 1 N–H and O–H groups in total. The smallest absolute Gasteiger partial charge is 0.335 e. The molecule has 0 aliphatic rings. The van der Waals surface area contributed by atoms with E-state index in [1.165, 1.54) is 6.07 Å². The van der Waals surface area contributed by atoms with Crippen LogP contribution in [0.1, 0.15) is 21.5 Å². The molecule has 0 spiro atoms. The van der Waals surface area contributed by atoms with E-state index >= 15 is 0 Å². The van der Waals surface area contributed by atoms with Gasteiger partial charge in [-0.2, -0.15) is 0 Å². The first-order valence-corrected chi connectivity index (χ1v) is 6.57. The van der Waals surface area contributed by atoms with Gasteiger partial charge in [0.05, 0.1) is 11.8 Å². The molecule has 0 unspecified atom stereocenters. The average Bonchev–Trinajstić information content (AvgIpc) is 2.88. The highest BCUT2D eigenvalue weighted by atomic mass is 16.5. The lowest BCUT2D eigenvalue weighted by Gasteiger charge is -2.07. The van der Waals surface area contributed by atoms with Crippen LogP contribution < -0.4 is 4.74 Å². The van der Waals surface area contributed by atoms with Gasteiger partial charge in [-0.1, -0.05) is 18.2 Å². The number of aromatic carboxylic acids is 1. The van der Waals surface area contributed by atoms with E-state index in [9.17, 15) is 4.79 Å². The van der Waals surface area contributed by atoms with Crippen LogP contribution >= 0.6 is 0 Å². The Labute approximate surface area is 121 Å². The van der Waals surface area contributed by atoms with Crippen molar-refractivity contribution >= 4 is 16.9 Å². The molecule has 4 heteroatoms. The van der Waals surface area contributed by atoms with Crippen LogP contribution in [0.4, 0.5) is 0 Å². The zero-order valence-electron chi connectivity index (χ0n) is 11.5. The summed E-state index contributed by atoms with van der Waals surface area (Å²) in [5.41, 5.74) is 2.78. The lowest BCUT2D eigenvalue weighted by molar-refractivity contribution is 0.0697. The van der Waals surface area contributed by atoms with Crippen molar-refractivity contribution in [3.05, 3.63) is 65.4 Å². The van der Waals surface area contributed by atoms with Gasteiger partial charge in [0, 0.05) is 10.9 Å². The number of aryl methyl sites for hydroxylation is 1. The van der Waals surface area contributed by atoms with Gasteiger partial charge in [-0.25, -0.2) is 4.79 Å². The Kier molecular flexibility index (Phi) is 3.36. The summed E-state index contributed by atoms with van der Waals surface area (Å²) in [6.07, 6.45) is 1.61. The number of para-hydroxylation sites is 1. The van der Waals surface area contributed by atoms with E-state index in [2.05, 4.69) is 0 Å². The lowest BCUT2D eigenvalue weighted by Crippen LogP contribution is -1.98. The van der Waals surface area contributed by atoms with E-state index < -0.39 is 5.97 Å². The minimum absolute atomic E-state index is 0.237. The third kappa shape index (κ3) is 2.60. The van der Waals surface area contributed by atoms with E-state index in [0.717, 1.165) is 22.3 Å². The molecule has 4 nitrogen and oxygen atoms in total. The van der Waals surface area contributed by atoms with Gasteiger partial charge in [0.1, 0.15) is 17.9 Å². The number of ether oxygens (including phenoxy) is 1. The van der Waals surface area contributed by atoms with Gasteiger partial charge < -0.3 is 14.3 Å². The number of hydrogen-bond acceptors (Lipinski definition) is 3. The van der Waals surface area contributed by atoms with Crippen molar-refractivity contribution in [1.82, 2.24) is 0 Å². The van der Waals surface area contributed by atoms with Gasteiger partial charge in [0.15, 0.2) is 0 Å². The molecule has 1 aromatic heterocycles. The lowest BCUT2D eigenvalue weighted by atomic mass is 10.1. The van der Waals surface area contributed by atoms with E-state index in [1.807, 2.05) is 31.2 Å². The van der Waals surface area contributed by atoms with Crippen molar-refractivity contribution in [3.63, 3.8) is 0 Å². The van der Waals surface area contributed by atoms with Gasteiger partial charge in [-0.05, 0) is 36.8 Å². The second-order valence-corrected chi connectivity index (χ2v) is 4.83. The SMILES string of the molecule is Cc1ccccc1OCc1coc2ccc(C(=O)O)cc12. The van der Waals surface area contributed by atoms with Crippen LogP contribution in [0.3, 0.4) is 0 Å². The zero-order valence-corrected chi connectivity index (χ0v) is 11.5. The first-order chi connectivity index (χ1) is 10.1. The topological polar surface area (TPSA) is 59.7 Å². The van der Waals surface area contributed by atoms with Crippen LogP contribution in [0.2, 0.25) is 0 Å². The Hall–Kier alpha value is -2.75. The summed E-state index contributed by atoms with van der Waals surface area (Å²) in [5.74, 6) is -0.148. The summed E-state index contributed by atoms with van der Waals surface area (Å²) in [6.45, 7) is 2.31. The standard InChI is InChI=1S/C17H14O4/c1-11-4-2-3-5-15(11)20-9-13-10-21-16-7-6-12(17(18)19)8-14(13)16/h2-8,10H,9H2,1H3,(H,18,19). The Morgan fingerprint density at radius 1 is 1.24 bits per heavy atom. The molecule has 0 atom stereocenters. The molecule has 0 saturated heterocycles. The van der Waals surface area contributed by atoms with E-state index in [1.54, 1.807) is 18.4 Å². The van der Waals surface area contributed by atoms with Gasteiger partial charge in [0.2, 0.25) is 0 Å². The Balaban J connectivity index is 1.89. The molecule has 21 heavy (non-hydrogen) atoms. The number of carboxylic acid groups (broad SMARTS) is 1. The molecule has 0 radical (unpaired) electrons. The number of furan rings is 1. The molecule has 0 aliphatic carbocycles. The molecule has 0 bridgehead atoms. The molecule has 106 valence electrons. The zero-order chi connectivity index (χ0) is 14.8. The maximum atomic E-state index is 11.0. The van der Waals surface area contributed by atoms with Crippen molar-refractivity contribution in [3.8, 4) is 5.75 Å². The van der Waals surface area contributed by atoms with Crippen molar-refractivity contribution in [2.75, 3.05) is 0 Å².